The summed E-state index contributed by atoms with van der Waals surface area (Å²) in [5, 5.41) is 2.83. The van der Waals surface area contributed by atoms with E-state index in [-0.39, 0.29) is 17.6 Å². The first-order valence-corrected chi connectivity index (χ1v) is 11.7. The van der Waals surface area contributed by atoms with E-state index in [4.69, 9.17) is 0 Å². The number of rotatable bonds is 6. The van der Waals surface area contributed by atoms with Crippen LogP contribution in [-0.4, -0.2) is 47.8 Å². The summed E-state index contributed by atoms with van der Waals surface area (Å²) in [6.45, 7) is 3.50. The highest BCUT2D eigenvalue weighted by atomic mass is 19.1. The molecule has 0 spiro atoms. The summed E-state index contributed by atoms with van der Waals surface area (Å²) in [6.07, 6.45) is 5.03. The van der Waals surface area contributed by atoms with E-state index in [9.17, 15) is 14.0 Å². The lowest BCUT2D eigenvalue weighted by Gasteiger charge is -2.36. The summed E-state index contributed by atoms with van der Waals surface area (Å²) in [6, 6.07) is 16.0. The number of piperidine rings is 1. The summed E-state index contributed by atoms with van der Waals surface area (Å²) in [4.78, 5) is 29.9. The van der Waals surface area contributed by atoms with Crippen molar-refractivity contribution in [1.82, 2.24) is 9.80 Å². The molecule has 32 heavy (non-hydrogen) atoms. The molecule has 2 aromatic rings. The monoisotopic (exact) mass is 437 g/mol. The minimum atomic E-state index is -0.319. The van der Waals surface area contributed by atoms with Gasteiger partial charge < -0.3 is 10.2 Å². The van der Waals surface area contributed by atoms with Crippen molar-refractivity contribution in [2.45, 2.75) is 38.6 Å². The molecule has 0 aliphatic carbocycles. The van der Waals surface area contributed by atoms with Crippen LogP contribution < -0.4 is 5.32 Å². The van der Waals surface area contributed by atoms with Crippen LogP contribution in [0, 0.1) is 17.7 Å². The van der Waals surface area contributed by atoms with Crippen molar-refractivity contribution in [3.8, 4) is 0 Å². The van der Waals surface area contributed by atoms with Crippen molar-refractivity contribution < 1.29 is 14.0 Å². The topological polar surface area (TPSA) is 52.7 Å². The second kappa shape index (κ2) is 10.7. The molecule has 0 bridgehead atoms. The summed E-state index contributed by atoms with van der Waals surface area (Å²) in [5.74, 6) is 0.376. The Hall–Kier alpha value is -2.73. The zero-order valence-electron chi connectivity index (χ0n) is 18.5. The van der Waals surface area contributed by atoms with Crippen LogP contribution in [0.1, 0.15) is 37.7 Å². The number of halogens is 1. The van der Waals surface area contributed by atoms with E-state index in [1.165, 1.54) is 17.7 Å². The molecule has 0 saturated carbocycles. The van der Waals surface area contributed by atoms with Gasteiger partial charge in [0.15, 0.2) is 0 Å². The fraction of sp³-hybridized carbons (Fsp3) is 0.462. The fourth-order valence-electron chi connectivity index (χ4n) is 4.98. The average Bonchev–Trinajstić information content (AvgIpc) is 2.98. The van der Waals surface area contributed by atoms with Crippen LogP contribution >= 0.6 is 0 Å². The van der Waals surface area contributed by atoms with E-state index in [1.54, 1.807) is 12.1 Å². The second-order valence-corrected chi connectivity index (χ2v) is 9.02. The average molecular weight is 438 g/mol. The molecular weight excluding hydrogens is 405 g/mol. The molecule has 5 nitrogen and oxygen atoms in total. The first kappa shape index (κ1) is 22.5. The van der Waals surface area contributed by atoms with Gasteiger partial charge in [-0.15, -0.1) is 0 Å². The molecule has 0 unspecified atom stereocenters. The van der Waals surface area contributed by atoms with Crippen molar-refractivity contribution in [2.24, 2.45) is 11.8 Å². The van der Waals surface area contributed by atoms with Gasteiger partial charge >= 0.3 is 0 Å². The van der Waals surface area contributed by atoms with Crippen molar-refractivity contribution in [3.05, 3.63) is 66.0 Å². The summed E-state index contributed by atoms with van der Waals surface area (Å²) >= 11 is 0. The predicted octanol–water partition coefficient (Wildman–Crippen LogP) is 4.31. The Morgan fingerprint density at radius 2 is 1.66 bits per heavy atom. The number of nitrogens with one attached hydrogen (secondary N) is 1. The molecule has 0 aromatic heterocycles. The number of benzene rings is 2. The number of amides is 2. The Morgan fingerprint density at radius 1 is 0.938 bits per heavy atom. The van der Waals surface area contributed by atoms with Crippen molar-refractivity contribution in [1.29, 1.82) is 0 Å². The first-order chi connectivity index (χ1) is 15.6. The van der Waals surface area contributed by atoms with Gasteiger partial charge in [-0.05, 0) is 74.5 Å². The van der Waals surface area contributed by atoms with E-state index in [2.05, 4.69) is 27.2 Å². The highest BCUT2D eigenvalue weighted by molar-refractivity contribution is 5.92. The third-order valence-corrected chi connectivity index (χ3v) is 6.73. The second-order valence-electron chi connectivity index (χ2n) is 9.02. The largest absolute Gasteiger partial charge is 0.338 e. The number of anilines is 1. The van der Waals surface area contributed by atoms with Gasteiger partial charge in [-0.1, -0.05) is 36.8 Å². The van der Waals surface area contributed by atoms with Gasteiger partial charge in [0.2, 0.25) is 11.8 Å². The van der Waals surface area contributed by atoms with Crippen LogP contribution in [0.25, 0.3) is 0 Å². The Balaban J connectivity index is 1.28. The Kier molecular flexibility index (Phi) is 7.53. The smallest absolute Gasteiger partial charge is 0.238 e. The van der Waals surface area contributed by atoms with Gasteiger partial charge in [-0.3, -0.25) is 14.5 Å². The van der Waals surface area contributed by atoms with Crippen LogP contribution in [0.4, 0.5) is 10.1 Å². The maximum atomic E-state index is 13.4. The van der Waals surface area contributed by atoms with Gasteiger partial charge in [0.1, 0.15) is 5.82 Å². The van der Waals surface area contributed by atoms with Crippen LogP contribution in [0.5, 0.6) is 0 Å². The van der Waals surface area contributed by atoms with E-state index >= 15 is 0 Å². The molecule has 2 aliphatic rings. The zero-order chi connectivity index (χ0) is 22.3. The molecule has 170 valence electrons. The molecule has 1 N–H and O–H groups in total. The molecule has 0 radical (unpaired) electrons. The zero-order valence-corrected chi connectivity index (χ0v) is 18.5. The summed E-state index contributed by atoms with van der Waals surface area (Å²) in [7, 11) is 0. The number of hydrogen-bond donors (Lipinski definition) is 1. The SMILES string of the molecule is O=C(CN1CCC([C@H]2CCCCN(Cc3ccccc3)C2=O)CC1)Nc1ccc(F)cc1. The lowest BCUT2D eigenvalue weighted by Crippen LogP contribution is -2.44. The number of hydrogen-bond acceptors (Lipinski definition) is 3. The van der Waals surface area contributed by atoms with Crippen LogP contribution in [0.2, 0.25) is 0 Å². The first-order valence-electron chi connectivity index (χ1n) is 11.7. The minimum Gasteiger partial charge on any atom is -0.338 e. The van der Waals surface area contributed by atoms with Crippen LogP contribution in [0.3, 0.4) is 0 Å². The van der Waals surface area contributed by atoms with E-state index in [0.29, 0.717) is 30.6 Å². The number of nitrogens with zero attached hydrogens (tertiary/aromatic N) is 2. The lowest BCUT2D eigenvalue weighted by atomic mass is 9.81. The third kappa shape index (κ3) is 5.94. The number of carbonyl (C=O) groups excluding carboxylic acids is 2. The summed E-state index contributed by atoms with van der Waals surface area (Å²) in [5.41, 5.74) is 1.79. The van der Waals surface area contributed by atoms with Crippen molar-refractivity contribution >= 4 is 17.5 Å². The molecule has 2 fully saturated rings. The van der Waals surface area contributed by atoms with E-state index < -0.39 is 0 Å². The van der Waals surface area contributed by atoms with Gasteiger partial charge in [-0.2, -0.15) is 0 Å². The minimum absolute atomic E-state index is 0.0883. The maximum Gasteiger partial charge on any atom is 0.238 e. The lowest BCUT2D eigenvalue weighted by molar-refractivity contribution is -0.138. The van der Waals surface area contributed by atoms with Crippen molar-refractivity contribution in [3.63, 3.8) is 0 Å². The third-order valence-electron chi connectivity index (χ3n) is 6.73. The van der Waals surface area contributed by atoms with E-state index in [1.807, 2.05) is 18.2 Å². The molecule has 2 saturated heterocycles. The Labute approximate surface area is 189 Å². The predicted molar refractivity (Wildman–Crippen MR) is 123 cm³/mol. The number of likely N-dealkylation sites (tertiary alicyclic amines) is 2. The highest BCUT2D eigenvalue weighted by Crippen LogP contribution is 2.32. The molecule has 2 amide bonds. The summed E-state index contributed by atoms with van der Waals surface area (Å²) < 4.78 is 13.0. The Bertz CT molecular complexity index is 895. The Morgan fingerprint density at radius 3 is 2.38 bits per heavy atom. The molecule has 2 aliphatic heterocycles. The van der Waals surface area contributed by atoms with Gasteiger partial charge in [0, 0.05) is 24.7 Å². The molecule has 2 heterocycles. The van der Waals surface area contributed by atoms with E-state index in [0.717, 1.165) is 51.7 Å². The van der Waals surface area contributed by atoms with Crippen molar-refractivity contribution in [2.75, 3.05) is 31.5 Å². The molecule has 2 aromatic carbocycles. The molecule has 4 rings (SSSR count). The number of carbonyl (C=O) groups is 2. The fourth-order valence-corrected chi connectivity index (χ4v) is 4.98. The van der Waals surface area contributed by atoms with Gasteiger partial charge in [0.05, 0.1) is 6.54 Å². The normalized spacial score (nSPS) is 20.7. The molecular formula is C26H32FN3O2. The highest BCUT2D eigenvalue weighted by Gasteiger charge is 2.35. The van der Waals surface area contributed by atoms with Gasteiger partial charge in [0.25, 0.3) is 0 Å². The van der Waals surface area contributed by atoms with Crippen LogP contribution in [-0.2, 0) is 16.1 Å². The maximum absolute atomic E-state index is 13.4. The van der Waals surface area contributed by atoms with Gasteiger partial charge in [-0.25, -0.2) is 4.39 Å². The quantitative estimate of drug-likeness (QED) is 0.733. The molecule has 6 heteroatoms. The van der Waals surface area contributed by atoms with Crippen LogP contribution in [0.15, 0.2) is 54.6 Å². The standard InChI is InChI=1S/C26H32FN3O2/c27-22-9-11-23(12-10-22)28-25(31)19-29-16-13-21(14-17-29)24-8-4-5-15-30(26(24)32)18-20-6-2-1-3-7-20/h1-3,6-7,9-12,21,24H,4-5,8,13-19H2,(H,28,31)/t24-/m1/s1. The molecule has 1 atom stereocenters.